The van der Waals surface area contributed by atoms with Crippen molar-refractivity contribution in [2.24, 2.45) is 0 Å². The first-order valence-corrected chi connectivity index (χ1v) is 6.42. The van der Waals surface area contributed by atoms with Crippen molar-refractivity contribution in [2.75, 3.05) is 0 Å². The van der Waals surface area contributed by atoms with Crippen molar-refractivity contribution in [1.29, 1.82) is 0 Å². The SMILES string of the molecule is Fc1cccc(F)c1-c1nc2cn[nH]c2c2ccccc12. The van der Waals surface area contributed by atoms with E-state index in [1.54, 1.807) is 12.3 Å². The lowest BCUT2D eigenvalue weighted by molar-refractivity contribution is 0.589. The number of nitrogens with one attached hydrogen (secondary N) is 1. The van der Waals surface area contributed by atoms with E-state index in [0.29, 0.717) is 10.9 Å². The molecule has 0 amide bonds. The molecule has 0 saturated carbocycles. The van der Waals surface area contributed by atoms with Crippen molar-refractivity contribution in [3.05, 3.63) is 60.3 Å². The maximum absolute atomic E-state index is 14.1. The summed E-state index contributed by atoms with van der Waals surface area (Å²) in [6, 6.07) is 11.2. The van der Waals surface area contributed by atoms with E-state index in [4.69, 9.17) is 0 Å². The standard InChI is InChI=1S/C16H9F2N3/c17-11-6-3-7-12(18)14(11)16-10-5-2-1-4-9(10)15-13(20-16)8-19-21-15/h1-8H,(H,19,21). The van der Waals surface area contributed by atoms with Crippen molar-refractivity contribution in [2.45, 2.75) is 0 Å². The summed E-state index contributed by atoms with van der Waals surface area (Å²) in [6.07, 6.45) is 1.55. The van der Waals surface area contributed by atoms with E-state index in [0.717, 1.165) is 10.9 Å². The van der Waals surface area contributed by atoms with Crippen LogP contribution in [0.15, 0.2) is 48.7 Å². The second-order valence-corrected chi connectivity index (χ2v) is 4.73. The second-order valence-electron chi connectivity index (χ2n) is 4.73. The summed E-state index contributed by atoms with van der Waals surface area (Å²) in [4.78, 5) is 4.38. The number of nitrogens with zero attached hydrogens (tertiary/aromatic N) is 2. The molecule has 2 aromatic heterocycles. The maximum Gasteiger partial charge on any atom is 0.135 e. The molecule has 5 heteroatoms. The number of aromatic amines is 1. The van der Waals surface area contributed by atoms with Gasteiger partial charge in [-0.25, -0.2) is 13.8 Å². The summed E-state index contributed by atoms with van der Waals surface area (Å²) in [5, 5.41) is 8.34. The molecule has 2 aromatic carbocycles. The van der Waals surface area contributed by atoms with E-state index in [1.165, 1.54) is 18.2 Å². The van der Waals surface area contributed by atoms with E-state index in [9.17, 15) is 8.78 Å². The first kappa shape index (κ1) is 12.0. The third-order valence-electron chi connectivity index (χ3n) is 3.50. The van der Waals surface area contributed by atoms with Gasteiger partial charge in [-0.15, -0.1) is 0 Å². The molecule has 1 N–H and O–H groups in total. The molecule has 0 atom stereocenters. The van der Waals surface area contributed by atoms with Crippen LogP contribution in [0.4, 0.5) is 8.78 Å². The van der Waals surface area contributed by atoms with Crippen LogP contribution in [0.2, 0.25) is 0 Å². The zero-order valence-corrected chi connectivity index (χ0v) is 10.8. The summed E-state index contributed by atoms with van der Waals surface area (Å²) in [5.41, 5.74) is 1.50. The van der Waals surface area contributed by atoms with E-state index >= 15 is 0 Å². The molecule has 0 fully saturated rings. The number of aromatic nitrogens is 3. The molecule has 0 saturated heterocycles. The van der Waals surface area contributed by atoms with Gasteiger partial charge >= 0.3 is 0 Å². The number of hydrogen-bond acceptors (Lipinski definition) is 2. The van der Waals surface area contributed by atoms with Gasteiger partial charge in [-0.2, -0.15) is 5.10 Å². The van der Waals surface area contributed by atoms with Gasteiger partial charge in [0.05, 0.1) is 23.0 Å². The average molecular weight is 281 g/mol. The molecule has 0 spiro atoms. The number of H-pyrrole nitrogens is 1. The first-order chi connectivity index (χ1) is 10.3. The van der Waals surface area contributed by atoms with Crippen LogP contribution in [-0.2, 0) is 0 Å². The van der Waals surface area contributed by atoms with Gasteiger partial charge in [-0.05, 0) is 12.1 Å². The van der Waals surface area contributed by atoms with Gasteiger partial charge in [0.25, 0.3) is 0 Å². The molecule has 0 bridgehead atoms. The predicted octanol–water partition coefficient (Wildman–Crippen LogP) is 4.06. The van der Waals surface area contributed by atoms with Crippen LogP contribution in [0.1, 0.15) is 0 Å². The van der Waals surface area contributed by atoms with Crippen LogP contribution in [0.3, 0.4) is 0 Å². The van der Waals surface area contributed by atoms with Crippen LogP contribution < -0.4 is 0 Å². The Morgan fingerprint density at radius 3 is 2.33 bits per heavy atom. The van der Waals surface area contributed by atoms with Gasteiger partial charge in [0.1, 0.15) is 17.2 Å². The fourth-order valence-electron chi connectivity index (χ4n) is 2.57. The molecular weight excluding hydrogens is 272 g/mol. The summed E-state index contributed by atoms with van der Waals surface area (Å²) in [7, 11) is 0. The molecule has 3 nitrogen and oxygen atoms in total. The zero-order chi connectivity index (χ0) is 14.4. The first-order valence-electron chi connectivity index (χ1n) is 6.42. The summed E-state index contributed by atoms with van der Waals surface area (Å²) >= 11 is 0. The van der Waals surface area contributed by atoms with Crippen molar-refractivity contribution in [3.8, 4) is 11.3 Å². The Hall–Kier alpha value is -2.82. The molecule has 0 radical (unpaired) electrons. The van der Waals surface area contributed by atoms with Crippen LogP contribution in [-0.4, -0.2) is 15.2 Å². The third kappa shape index (κ3) is 1.71. The van der Waals surface area contributed by atoms with Crippen molar-refractivity contribution >= 4 is 21.8 Å². The lowest BCUT2D eigenvalue weighted by Crippen LogP contribution is -1.94. The van der Waals surface area contributed by atoms with Gasteiger partial charge in [0.2, 0.25) is 0 Å². The third-order valence-corrected chi connectivity index (χ3v) is 3.50. The fourth-order valence-corrected chi connectivity index (χ4v) is 2.57. The largest absolute Gasteiger partial charge is 0.276 e. The Bertz CT molecular complexity index is 956. The maximum atomic E-state index is 14.1. The highest BCUT2D eigenvalue weighted by Crippen LogP contribution is 2.33. The van der Waals surface area contributed by atoms with Gasteiger partial charge in [0, 0.05) is 10.8 Å². The van der Waals surface area contributed by atoms with E-state index in [2.05, 4.69) is 15.2 Å². The van der Waals surface area contributed by atoms with Crippen molar-refractivity contribution in [1.82, 2.24) is 15.2 Å². The van der Waals surface area contributed by atoms with Crippen LogP contribution in [0, 0.1) is 11.6 Å². The average Bonchev–Trinajstić information content (AvgIpc) is 2.95. The van der Waals surface area contributed by atoms with Crippen molar-refractivity contribution in [3.63, 3.8) is 0 Å². The van der Waals surface area contributed by atoms with Crippen LogP contribution >= 0.6 is 0 Å². The number of hydrogen-bond donors (Lipinski definition) is 1. The lowest BCUT2D eigenvalue weighted by atomic mass is 10.0. The number of fused-ring (bicyclic) bond motifs is 3. The smallest absolute Gasteiger partial charge is 0.135 e. The van der Waals surface area contributed by atoms with Gasteiger partial charge in [-0.3, -0.25) is 5.10 Å². The summed E-state index contributed by atoms with van der Waals surface area (Å²) < 4.78 is 28.2. The van der Waals surface area contributed by atoms with E-state index in [-0.39, 0.29) is 11.3 Å². The molecule has 4 rings (SSSR count). The number of pyridine rings is 1. The highest BCUT2D eigenvalue weighted by molar-refractivity contribution is 6.09. The highest BCUT2D eigenvalue weighted by atomic mass is 19.1. The summed E-state index contributed by atoms with van der Waals surface area (Å²) in [6.45, 7) is 0. The van der Waals surface area contributed by atoms with Crippen molar-refractivity contribution < 1.29 is 8.78 Å². The van der Waals surface area contributed by atoms with Gasteiger partial charge < -0.3 is 0 Å². The van der Waals surface area contributed by atoms with Crippen LogP contribution in [0.5, 0.6) is 0 Å². The Morgan fingerprint density at radius 2 is 1.57 bits per heavy atom. The minimum absolute atomic E-state index is 0.114. The number of benzene rings is 2. The normalized spacial score (nSPS) is 11.3. The number of halogens is 2. The molecule has 0 aliphatic carbocycles. The molecule has 2 heterocycles. The predicted molar refractivity (Wildman–Crippen MR) is 76.7 cm³/mol. The Balaban J connectivity index is 2.21. The Morgan fingerprint density at radius 1 is 0.857 bits per heavy atom. The zero-order valence-electron chi connectivity index (χ0n) is 10.8. The Labute approximate surface area is 118 Å². The molecule has 0 aliphatic heterocycles. The number of rotatable bonds is 1. The molecule has 102 valence electrons. The fraction of sp³-hybridized carbons (Fsp3) is 0. The second kappa shape index (κ2) is 4.34. The lowest BCUT2D eigenvalue weighted by Gasteiger charge is -2.09. The molecule has 21 heavy (non-hydrogen) atoms. The highest BCUT2D eigenvalue weighted by Gasteiger charge is 2.17. The monoisotopic (exact) mass is 281 g/mol. The molecule has 4 aromatic rings. The van der Waals surface area contributed by atoms with E-state index in [1.807, 2.05) is 18.2 Å². The minimum atomic E-state index is -0.629. The topological polar surface area (TPSA) is 41.6 Å². The van der Waals surface area contributed by atoms with Crippen LogP contribution in [0.25, 0.3) is 33.1 Å². The van der Waals surface area contributed by atoms with Gasteiger partial charge in [0.15, 0.2) is 0 Å². The summed E-state index contributed by atoms with van der Waals surface area (Å²) in [5.74, 6) is -1.26. The molecule has 0 aliphatic rings. The molecular formula is C16H9F2N3. The van der Waals surface area contributed by atoms with Gasteiger partial charge in [-0.1, -0.05) is 30.3 Å². The van der Waals surface area contributed by atoms with E-state index < -0.39 is 11.6 Å². The quantitative estimate of drug-likeness (QED) is 0.571. The Kier molecular flexibility index (Phi) is 2.47. The minimum Gasteiger partial charge on any atom is -0.276 e. The molecule has 0 unspecified atom stereocenters.